The van der Waals surface area contributed by atoms with Crippen LogP contribution in [0.5, 0.6) is 0 Å². The maximum atomic E-state index is 12.4. The van der Waals surface area contributed by atoms with E-state index in [0.717, 1.165) is 12.0 Å². The van der Waals surface area contributed by atoms with E-state index >= 15 is 0 Å². The summed E-state index contributed by atoms with van der Waals surface area (Å²) < 4.78 is 9.86. The lowest BCUT2D eigenvalue weighted by molar-refractivity contribution is -0.146. The summed E-state index contributed by atoms with van der Waals surface area (Å²) in [6.45, 7) is 1.83. The Morgan fingerprint density at radius 2 is 2.08 bits per heavy atom. The van der Waals surface area contributed by atoms with Gasteiger partial charge < -0.3 is 14.6 Å². The van der Waals surface area contributed by atoms with Gasteiger partial charge in [0.05, 0.1) is 13.7 Å². The first kappa shape index (κ1) is 17.2. The Morgan fingerprint density at radius 3 is 2.72 bits per heavy atom. The molecule has 0 spiro atoms. The second kappa shape index (κ2) is 7.48. The Hall–Kier alpha value is -2.67. The molecular weight excluding hydrogens is 322 g/mol. The molecule has 0 radical (unpaired) electrons. The van der Waals surface area contributed by atoms with Gasteiger partial charge in [0, 0.05) is 12.1 Å². The minimum absolute atomic E-state index is 0.00454. The average Bonchev–Trinajstić information content (AvgIpc) is 3.21. The summed E-state index contributed by atoms with van der Waals surface area (Å²) in [4.78, 5) is 26.4. The lowest BCUT2D eigenvalue weighted by Crippen LogP contribution is -2.42. The molecule has 1 aromatic heterocycles. The van der Waals surface area contributed by atoms with E-state index in [1.54, 1.807) is 13.0 Å². The van der Waals surface area contributed by atoms with Crippen molar-refractivity contribution in [1.29, 1.82) is 0 Å². The van der Waals surface area contributed by atoms with Crippen LogP contribution in [0.25, 0.3) is 0 Å². The fraction of sp³-hybridized carbons (Fsp3) is 0.389. The third kappa shape index (κ3) is 3.88. The number of anilines is 1. The lowest BCUT2D eigenvalue weighted by Gasteiger charge is -2.28. The number of hydrogen-bond acceptors (Lipinski definition) is 6. The molecule has 0 unspecified atom stereocenters. The third-order valence-corrected chi connectivity index (χ3v) is 4.39. The van der Waals surface area contributed by atoms with Crippen molar-refractivity contribution in [3.05, 3.63) is 47.7 Å². The number of amides is 1. The molecule has 7 nitrogen and oxygen atoms in total. The van der Waals surface area contributed by atoms with Gasteiger partial charge in [0.2, 0.25) is 5.91 Å². The number of aryl methyl sites for hydroxylation is 1. The maximum Gasteiger partial charge on any atom is 0.323 e. The highest BCUT2D eigenvalue weighted by Crippen LogP contribution is 2.36. The van der Waals surface area contributed by atoms with Gasteiger partial charge in [-0.1, -0.05) is 35.5 Å². The van der Waals surface area contributed by atoms with E-state index in [1.165, 1.54) is 7.11 Å². The molecule has 132 valence electrons. The highest BCUT2D eigenvalue weighted by atomic mass is 16.5. The largest absolute Gasteiger partial charge is 0.468 e. The first-order chi connectivity index (χ1) is 12.1. The van der Waals surface area contributed by atoms with Crippen molar-refractivity contribution in [2.75, 3.05) is 19.0 Å². The standard InChI is InChI=1S/C18H21N3O4/c1-12-10-16(20-25-12)19-17(22)11-21-14(13-6-4-3-5-7-13)8-9-15(21)18(23)24-2/h3-7,10,14-15H,8-9,11H2,1-2H3,(H,19,20,22)/t14-,15-/m0/s1. The first-order valence-electron chi connectivity index (χ1n) is 8.20. The zero-order valence-corrected chi connectivity index (χ0v) is 14.3. The van der Waals surface area contributed by atoms with Crippen molar-refractivity contribution in [2.45, 2.75) is 31.8 Å². The minimum atomic E-state index is -0.431. The molecule has 1 saturated heterocycles. The molecule has 1 aromatic carbocycles. The number of nitrogens with zero attached hydrogens (tertiary/aromatic N) is 2. The molecule has 0 bridgehead atoms. The van der Waals surface area contributed by atoms with Crippen LogP contribution in [0.4, 0.5) is 5.82 Å². The van der Waals surface area contributed by atoms with Crippen molar-refractivity contribution in [2.24, 2.45) is 0 Å². The van der Waals surface area contributed by atoms with E-state index < -0.39 is 6.04 Å². The van der Waals surface area contributed by atoms with Crippen molar-refractivity contribution < 1.29 is 18.8 Å². The Kier molecular flexibility index (Phi) is 5.14. The van der Waals surface area contributed by atoms with Crippen LogP contribution in [-0.2, 0) is 14.3 Å². The van der Waals surface area contributed by atoms with Crippen LogP contribution >= 0.6 is 0 Å². The molecule has 1 aliphatic heterocycles. The Balaban J connectivity index is 1.76. The zero-order chi connectivity index (χ0) is 17.8. The molecule has 1 fully saturated rings. The highest BCUT2D eigenvalue weighted by Gasteiger charge is 2.40. The number of rotatable bonds is 5. The number of benzene rings is 1. The number of ether oxygens (including phenoxy) is 1. The monoisotopic (exact) mass is 343 g/mol. The van der Waals surface area contributed by atoms with Crippen molar-refractivity contribution in [3.63, 3.8) is 0 Å². The van der Waals surface area contributed by atoms with Crippen LogP contribution in [0.1, 0.15) is 30.2 Å². The quantitative estimate of drug-likeness (QED) is 0.839. The van der Waals surface area contributed by atoms with Crippen molar-refractivity contribution in [1.82, 2.24) is 10.1 Å². The molecule has 2 heterocycles. The highest BCUT2D eigenvalue weighted by molar-refractivity contribution is 5.92. The number of carbonyl (C=O) groups is 2. The summed E-state index contributed by atoms with van der Waals surface area (Å²) in [6, 6.07) is 11.1. The predicted molar refractivity (Wildman–Crippen MR) is 90.8 cm³/mol. The summed E-state index contributed by atoms with van der Waals surface area (Å²) in [7, 11) is 1.37. The van der Waals surface area contributed by atoms with Crippen LogP contribution in [0, 0.1) is 6.92 Å². The molecule has 3 rings (SSSR count). The van der Waals surface area contributed by atoms with Crippen LogP contribution in [0.15, 0.2) is 40.9 Å². The maximum absolute atomic E-state index is 12.4. The zero-order valence-electron chi connectivity index (χ0n) is 14.3. The van der Waals surface area contributed by atoms with Gasteiger partial charge in [0.25, 0.3) is 0 Å². The topological polar surface area (TPSA) is 84.7 Å². The van der Waals surface area contributed by atoms with Crippen LogP contribution in [-0.4, -0.2) is 41.6 Å². The summed E-state index contributed by atoms with van der Waals surface area (Å²) in [5.74, 6) is 0.423. The van der Waals surface area contributed by atoms with Crippen LogP contribution in [0.3, 0.4) is 0 Å². The Labute approximate surface area is 145 Å². The van der Waals surface area contributed by atoms with Crippen LogP contribution < -0.4 is 5.32 Å². The average molecular weight is 343 g/mol. The SMILES string of the molecule is COC(=O)[C@@H]1CC[C@@H](c2ccccc2)N1CC(=O)Nc1cc(C)on1. The van der Waals surface area contributed by atoms with Gasteiger partial charge in [-0.05, 0) is 25.3 Å². The number of aromatic nitrogens is 1. The Morgan fingerprint density at radius 1 is 1.32 bits per heavy atom. The molecule has 0 saturated carbocycles. The number of likely N-dealkylation sites (tertiary alicyclic amines) is 1. The summed E-state index contributed by atoms with van der Waals surface area (Å²) in [5, 5.41) is 6.46. The van der Waals surface area contributed by atoms with E-state index in [9.17, 15) is 9.59 Å². The van der Waals surface area contributed by atoms with E-state index in [4.69, 9.17) is 9.26 Å². The number of esters is 1. The fourth-order valence-electron chi connectivity index (χ4n) is 3.28. The number of carbonyl (C=O) groups excluding carboxylic acids is 2. The Bertz CT molecular complexity index is 744. The molecular formula is C18H21N3O4. The van der Waals surface area contributed by atoms with E-state index in [0.29, 0.717) is 18.0 Å². The smallest absolute Gasteiger partial charge is 0.323 e. The number of nitrogens with one attached hydrogen (secondary N) is 1. The molecule has 2 aromatic rings. The summed E-state index contributed by atoms with van der Waals surface area (Å²) in [5.41, 5.74) is 1.08. The fourth-order valence-corrected chi connectivity index (χ4v) is 3.28. The van der Waals surface area contributed by atoms with Gasteiger partial charge in [0.1, 0.15) is 11.8 Å². The molecule has 1 amide bonds. The van der Waals surface area contributed by atoms with Gasteiger partial charge in [-0.25, -0.2) is 0 Å². The van der Waals surface area contributed by atoms with Gasteiger partial charge in [-0.2, -0.15) is 0 Å². The molecule has 7 heteroatoms. The minimum Gasteiger partial charge on any atom is -0.468 e. The third-order valence-electron chi connectivity index (χ3n) is 4.39. The molecule has 0 aliphatic carbocycles. The number of hydrogen-bond donors (Lipinski definition) is 1. The second-order valence-corrected chi connectivity index (χ2v) is 6.09. The van der Waals surface area contributed by atoms with Gasteiger partial charge in [0.15, 0.2) is 5.82 Å². The normalized spacial score (nSPS) is 20.4. The summed E-state index contributed by atoms with van der Waals surface area (Å²) >= 11 is 0. The van der Waals surface area contributed by atoms with Crippen molar-refractivity contribution >= 4 is 17.7 Å². The molecule has 1 aliphatic rings. The molecule has 25 heavy (non-hydrogen) atoms. The summed E-state index contributed by atoms with van der Waals surface area (Å²) in [6.07, 6.45) is 1.45. The number of methoxy groups -OCH3 is 1. The van der Waals surface area contributed by atoms with Gasteiger partial charge >= 0.3 is 5.97 Å². The second-order valence-electron chi connectivity index (χ2n) is 6.09. The predicted octanol–water partition coefficient (Wildman–Crippen LogP) is 2.30. The van der Waals surface area contributed by atoms with Crippen LogP contribution in [0.2, 0.25) is 0 Å². The molecule has 2 atom stereocenters. The van der Waals surface area contributed by atoms with Crippen molar-refractivity contribution in [3.8, 4) is 0 Å². The van der Waals surface area contributed by atoms with E-state index in [-0.39, 0.29) is 24.5 Å². The lowest BCUT2D eigenvalue weighted by atomic mass is 10.0. The van der Waals surface area contributed by atoms with E-state index in [2.05, 4.69) is 10.5 Å². The van der Waals surface area contributed by atoms with E-state index in [1.807, 2.05) is 35.2 Å². The first-order valence-corrected chi connectivity index (χ1v) is 8.20. The van der Waals surface area contributed by atoms with Gasteiger partial charge in [-0.15, -0.1) is 0 Å². The molecule has 1 N–H and O–H groups in total. The van der Waals surface area contributed by atoms with Gasteiger partial charge in [-0.3, -0.25) is 14.5 Å².